The summed E-state index contributed by atoms with van der Waals surface area (Å²) < 4.78 is 5.28. The average molecular weight is 279 g/mol. The molecule has 0 radical (unpaired) electrons. The second-order valence-corrected chi connectivity index (χ2v) is 4.83. The molecule has 1 heterocycles. The van der Waals surface area contributed by atoms with Gasteiger partial charge in [0.1, 0.15) is 0 Å². The number of nitrogens with zero attached hydrogens (tertiary/aromatic N) is 1. The molecule has 0 aromatic heterocycles. The highest BCUT2D eigenvalue weighted by Gasteiger charge is 2.24. The molecule has 2 rings (SSSR count). The van der Waals surface area contributed by atoms with E-state index in [9.17, 15) is 9.90 Å². The summed E-state index contributed by atoms with van der Waals surface area (Å²) >= 11 is 0. The van der Waals surface area contributed by atoms with Crippen LogP contribution in [0.25, 0.3) is 0 Å². The number of benzene rings is 1. The Hall–Kier alpha value is -1.47. The first-order chi connectivity index (χ1) is 9.72. The van der Waals surface area contributed by atoms with Gasteiger partial charge in [0.05, 0.1) is 32.4 Å². The Kier molecular flexibility index (Phi) is 5.49. The number of rotatable bonds is 5. The number of aliphatic hydroxyl groups excluding tert-OH is 1. The fourth-order valence-electron chi connectivity index (χ4n) is 2.17. The lowest BCUT2D eigenvalue weighted by Crippen LogP contribution is -2.50. The van der Waals surface area contributed by atoms with Gasteiger partial charge in [0.15, 0.2) is 0 Å². The molecule has 1 atom stereocenters. The largest absolute Gasteiger partial charge is 0.395 e. The van der Waals surface area contributed by atoms with Crippen LogP contribution in [0.15, 0.2) is 24.3 Å². The summed E-state index contributed by atoms with van der Waals surface area (Å²) in [6, 6.07) is 7.35. The summed E-state index contributed by atoms with van der Waals surface area (Å²) in [5.41, 5.74) is 7.30. The number of carbonyl (C=O) groups excluding carboxylic acids is 1. The summed E-state index contributed by atoms with van der Waals surface area (Å²) in [6.45, 7) is 2.46. The van der Waals surface area contributed by atoms with Crippen LogP contribution in [-0.2, 0) is 16.1 Å². The van der Waals surface area contributed by atoms with Crippen molar-refractivity contribution >= 4 is 11.6 Å². The molecule has 1 saturated heterocycles. The zero-order chi connectivity index (χ0) is 14.4. The van der Waals surface area contributed by atoms with Gasteiger partial charge in [-0.25, -0.2) is 0 Å². The van der Waals surface area contributed by atoms with Gasteiger partial charge in [-0.15, -0.1) is 0 Å². The lowest BCUT2D eigenvalue weighted by Gasteiger charge is -2.33. The van der Waals surface area contributed by atoms with Crippen molar-refractivity contribution in [3.05, 3.63) is 29.8 Å². The Morgan fingerprint density at radius 2 is 2.20 bits per heavy atom. The number of ether oxygens (including phenoxy) is 1. The Morgan fingerprint density at radius 1 is 1.45 bits per heavy atom. The smallest absolute Gasteiger partial charge is 0.238 e. The van der Waals surface area contributed by atoms with E-state index in [-0.39, 0.29) is 25.1 Å². The number of amides is 1. The summed E-state index contributed by atoms with van der Waals surface area (Å²) in [5, 5.41) is 12.1. The predicted molar refractivity (Wildman–Crippen MR) is 76.2 cm³/mol. The SMILES string of the molecule is NCc1ccc(NC(=O)CN2CCOCC2CO)cc1. The molecule has 110 valence electrons. The lowest BCUT2D eigenvalue weighted by molar-refractivity contribution is -0.120. The summed E-state index contributed by atoms with van der Waals surface area (Å²) in [6.07, 6.45) is 0. The summed E-state index contributed by atoms with van der Waals surface area (Å²) in [7, 11) is 0. The first kappa shape index (κ1) is 14.9. The molecule has 20 heavy (non-hydrogen) atoms. The minimum atomic E-state index is -0.103. The number of hydrogen-bond donors (Lipinski definition) is 3. The Bertz CT molecular complexity index is 436. The van der Waals surface area contributed by atoms with E-state index in [2.05, 4.69) is 5.32 Å². The standard InChI is InChI=1S/C14H21N3O3/c15-7-11-1-3-12(4-2-11)16-14(19)8-17-5-6-20-10-13(17)9-18/h1-4,13,18H,5-10,15H2,(H,16,19). The molecule has 0 bridgehead atoms. The van der Waals surface area contributed by atoms with E-state index in [4.69, 9.17) is 10.5 Å². The maximum absolute atomic E-state index is 12.0. The number of hydrogen-bond acceptors (Lipinski definition) is 5. The number of nitrogens with two attached hydrogens (primary N) is 1. The van der Waals surface area contributed by atoms with Crippen molar-refractivity contribution in [3.8, 4) is 0 Å². The Balaban J connectivity index is 1.87. The molecule has 4 N–H and O–H groups in total. The van der Waals surface area contributed by atoms with Crippen molar-refractivity contribution in [2.75, 3.05) is 38.2 Å². The van der Waals surface area contributed by atoms with Crippen LogP contribution >= 0.6 is 0 Å². The molecular formula is C14H21N3O3. The molecular weight excluding hydrogens is 258 g/mol. The molecule has 6 nitrogen and oxygen atoms in total. The maximum atomic E-state index is 12.0. The zero-order valence-corrected chi connectivity index (χ0v) is 11.4. The van der Waals surface area contributed by atoms with Crippen molar-refractivity contribution < 1.29 is 14.6 Å². The summed E-state index contributed by atoms with van der Waals surface area (Å²) in [4.78, 5) is 13.9. The number of nitrogens with one attached hydrogen (secondary N) is 1. The van der Waals surface area contributed by atoms with E-state index < -0.39 is 0 Å². The van der Waals surface area contributed by atoms with Gasteiger partial charge in [0, 0.05) is 18.8 Å². The maximum Gasteiger partial charge on any atom is 0.238 e. The van der Waals surface area contributed by atoms with Gasteiger partial charge < -0.3 is 20.9 Å². The van der Waals surface area contributed by atoms with Crippen LogP contribution in [0.3, 0.4) is 0 Å². The third-order valence-electron chi connectivity index (χ3n) is 3.38. The lowest BCUT2D eigenvalue weighted by atomic mass is 10.2. The van der Waals surface area contributed by atoms with Gasteiger partial charge in [-0.3, -0.25) is 9.69 Å². The van der Waals surface area contributed by atoms with Crippen LogP contribution in [0.4, 0.5) is 5.69 Å². The van der Waals surface area contributed by atoms with Crippen LogP contribution in [0.1, 0.15) is 5.56 Å². The molecule has 1 aromatic rings. The second-order valence-electron chi connectivity index (χ2n) is 4.83. The quantitative estimate of drug-likeness (QED) is 0.693. The van der Waals surface area contributed by atoms with Gasteiger partial charge >= 0.3 is 0 Å². The first-order valence-electron chi connectivity index (χ1n) is 6.74. The van der Waals surface area contributed by atoms with Crippen LogP contribution in [0.5, 0.6) is 0 Å². The van der Waals surface area contributed by atoms with E-state index >= 15 is 0 Å². The minimum absolute atomic E-state index is 0.00151. The van der Waals surface area contributed by atoms with Gasteiger partial charge in [0.2, 0.25) is 5.91 Å². The van der Waals surface area contributed by atoms with Gasteiger partial charge in [-0.1, -0.05) is 12.1 Å². The first-order valence-corrected chi connectivity index (χ1v) is 6.74. The number of aliphatic hydroxyl groups is 1. The molecule has 0 saturated carbocycles. The van der Waals surface area contributed by atoms with Gasteiger partial charge in [0.25, 0.3) is 0 Å². The minimum Gasteiger partial charge on any atom is -0.395 e. The molecule has 1 unspecified atom stereocenters. The van der Waals surface area contributed by atoms with Crippen LogP contribution < -0.4 is 11.1 Å². The normalized spacial score (nSPS) is 19.8. The Morgan fingerprint density at radius 3 is 2.85 bits per heavy atom. The molecule has 1 aliphatic heterocycles. The topological polar surface area (TPSA) is 87.8 Å². The fourth-order valence-corrected chi connectivity index (χ4v) is 2.17. The van der Waals surface area contributed by atoms with E-state index in [1.54, 1.807) is 0 Å². The molecule has 0 spiro atoms. The number of morpholine rings is 1. The van der Waals surface area contributed by atoms with Crippen LogP contribution in [0.2, 0.25) is 0 Å². The van der Waals surface area contributed by atoms with Gasteiger partial charge in [-0.05, 0) is 17.7 Å². The average Bonchev–Trinajstić information content (AvgIpc) is 2.48. The molecule has 6 heteroatoms. The van der Waals surface area contributed by atoms with E-state index in [0.717, 1.165) is 11.3 Å². The Labute approximate surface area is 118 Å². The molecule has 1 amide bonds. The van der Waals surface area contributed by atoms with E-state index in [1.807, 2.05) is 29.2 Å². The predicted octanol–water partition coefficient (Wildman–Crippen LogP) is -0.223. The third-order valence-corrected chi connectivity index (χ3v) is 3.38. The fraction of sp³-hybridized carbons (Fsp3) is 0.500. The molecule has 1 fully saturated rings. The van der Waals surface area contributed by atoms with Gasteiger partial charge in [-0.2, -0.15) is 0 Å². The second kappa shape index (κ2) is 7.35. The highest BCUT2D eigenvalue weighted by molar-refractivity contribution is 5.92. The van der Waals surface area contributed by atoms with Crippen molar-refractivity contribution in [3.63, 3.8) is 0 Å². The molecule has 1 aromatic carbocycles. The van der Waals surface area contributed by atoms with E-state index in [1.165, 1.54) is 0 Å². The van der Waals surface area contributed by atoms with E-state index in [0.29, 0.717) is 26.3 Å². The van der Waals surface area contributed by atoms with Crippen molar-refractivity contribution in [1.82, 2.24) is 4.90 Å². The third kappa shape index (κ3) is 4.01. The van der Waals surface area contributed by atoms with Crippen molar-refractivity contribution in [1.29, 1.82) is 0 Å². The van der Waals surface area contributed by atoms with Crippen LogP contribution in [0, 0.1) is 0 Å². The summed E-state index contributed by atoms with van der Waals surface area (Å²) in [5.74, 6) is -0.0918. The van der Waals surface area contributed by atoms with Crippen LogP contribution in [-0.4, -0.2) is 54.9 Å². The molecule has 1 aliphatic rings. The molecule has 0 aliphatic carbocycles. The number of anilines is 1. The monoisotopic (exact) mass is 279 g/mol. The highest BCUT2D eigenvalue weighted by atomic mass is 16.5. The van der Waals surface area contributed by atoms with Crippen molar-refractivity contribution in [2.45, 2.75) is 12.6 Å². The zero-order valence-electron chi connectivity index (χ0n) is 11.4. The number of carbonyl (C=O) groups is 1. The van der Waals surface area contributed by atoms with Crippen molar-refractivity contribution in [2.24, 2.45) is 5.73 Å². The highest BCUT2D eigenvalue weighted by Crippen LogP contribution is 2.10.